The minimum Gasteiger partial charge on any atom is -0.443 e. The first kappa shape index (κ1) is 6.40. The van der Waals surface area contributed by atoms with Crippen LogP contribution in [0.25, 0.3) is 0 Å². The molecule has 0 radical (unpaired) electrons. The lowest BCUT2D eigenvalue weighted by atomic mass is 10.7. The molecule has 0 fully saturated rings. The smallest absolute Gasteiger partial charge is 0.386 e. The van der Waals surface area contributed by atoms with Gasteiger partial charge in [0.25, 0.3) is 0 Å². The number of halogens is 2. The van der Waals surface area contributed by atoms with Crippen molar-refractivity contribution >= 4 is 0 Å². The van der Waals surface area contributed by atoms with Gasteiger partial charge in [0, 0.05) is 0 Å². The van der Waals surface area contributed by atoms with Gasteiger partial charge >= 0.3 is 6.61 Å². The Labute approximate surface area is 40.6 Å². The van der Waals surface area contributed by atoms with Crippen molar-refractivity contribution in [3.63, 3.8) is 0 Å². The SMILES string of the molecule is CC=COC(F)F. The maximum Gasteiger partial charge on any atom is 0.386 e. The molecule has 0 saturated carbocycles. The second-order valence-electron chi connectivity index (χ2n) is 0.866. The van der Waals surface area contributed by atoms with E-state index in [1.165, 1.54) is 6.08 Å². The summed E-state index contributed by atoms with van der Waals surface area (Å²) in [6.07, 6.45) is 2.34. The van der Waals surface area contributed by atoms with Crippen LogP contribution >= 0.6 is 0 Å². The van der Waals surface area contributed by atoms with Crippen LogP contribution in [-0.2, 0) is 4.74 Å². The zero-order valence-electron chi connectivity index (χ0n) is 3.90. The summed E-state index contributed by atoms with van der Waals surface area (Å²) in [7, 11) is 0. The van der Waals surface area contributed by atoms with Crippen LogP contribution in [0.5, 0.6) is 0 Å². The van der Waals surface area contributed by atoms with E-state index in [9.17, 15) is 8.78 Å². The van der Waals surface area contributed by atoms with Crippen molar-refractivity contribution in [2.24, 2.45) is 0 Å². The molecule has 1 nitrogen and oxygen atoms in total. The lowest BCUT2D eigenvalue weighted by Gasteiger charge is -1.92. The standard InChI is InChI=1S/C4H6F2O/c1-2-3-7-4(5)6/h2-4H,1H3. The van der Waals surface area contributed by atoms with Crippen LogP contribution in [0.2, 0.25) is 0 Å². The monoisotopic (exact) mass is 108 g/mol. The highest BCUT2D eigenvalue weighted by atomic mass is 19.3. The summed E-state index contributed by atoms with van der Waals surface area (Å²) in [4.78, 5) is 0. The first-order valence-electron chi connectivity index (χ1n) is 1.82. The second kappa shape index (κ2) is 3.59. The Bertz CT molecular complexity index is 60.7. The third kappa shape index (κ3) is 5.40. The Hall–Kier alpha value is -0.600. The second-order valence-corrected chi connectivity index (χ2v) is 0.866. The van der Waals surface area contributed by atoms with Gasteiger partial charge in [-0.1, -0.05) is 6.08 Å². The van der Waals surface area contributed by atoms with Crippen molar-refractivity contribution < 1.29 is 13.5 Å². The average molecular weight is 108 g/mol. The van der Waals surface area contributed by atoms with Gasteiger partial charge in [-0.15, -0.1) is 0 Å². The Balaban J connectivity index is 2.97. The number of alkyl halides is 2. The van der Waals surface area contributed by atoms with Crippen LogP contribution in [0.3, 0.4) is 0 Å². The van der Waals surface area contributed by atoms with Gasteiger partial charge < -0.3 is 4.74 Å². The van der Waals surface area contributed by atoms with E-state index in [1.54, 1.807) is 6.92 Å². The highest BCUT2D eigenvalue weighted by Gasteiger charge is 1.93. The van der Waals surface area contributed by atoms with E-state index in [1.807, 2.05) is 0 Å². The van der Waals surface area contributed by atoms with Crippen molar-refractivity contribution in [2.75, 3.05) is 0 Å². The predicted octanol–water partition coefficient (Wildman–Crippen LogP) is 1.76. The van der Waals surface area contributed by atoms with Crippen LogP contribution in [0.1, 0.15) is 6.92 Å². The van der Waals surface area contributed by atoms with E-state index in [-0.39, 0.29) is 0 Å². The Morgan fingerprint density at radius 2 is 2.14 bits per heavy atom. The highest BCUT2D eigenvalue weighted by Crippen LogP contribution is 1.93. The van der Waals surface area contributed by atoms with E-state index in [2.05, 4.69) is 4.74 Å². The number of ether oxygens (including phenoxy) is 1. The average Bonchev–Trinajstić information content (AvgIpc) is 1.61. The van der Waals surface area contributed by atoms with Gasteiger partial charge in [-0.25, -0.2) is 0 Å². The molecule has 0 aliphatic heterocycles. The first-order valence-corrected chi connectivity index (χ1v) is 1.82. The fourth-order valence-electron chi connectivity index (χ4n) is 0.138. The predicted molar refractivity (Wildman–Crippen MR) is 21.9 cm³/mol. The molecule has 3 heteroatoms. The van der Waals surface area contributed by atoms with E-state index in [0.717, 1.165) is 6.26 Å². The van der Waals surface area contributed by atoms with E-state index in [0.29, 0.717) is 0 Å². The van der Waals surface area contributed by atoms with Gasteiger partial charge in [-0.2, -0.15) is 8.78 Å². The van der Waals surface area contributed by atoms with Crippen molar-refractivity contribution in [2.45, 2.75) is 13.5 Å². The largest absolute Gasteiger partial charge is 0.443 e. The molecule has 0 aliphatic carbocycles. The maximum absolute atomic E-state index is 10.9. The third-order valence-corrected chi connectivity index (χ3v) is 0.318. The molecule has 0 rings (SSSR count). The van der Waals surface area contributed by atoms with Crippen LogP contribution < -0.4 is 0 Å². The summed E-state index contributed by atoms with van der Waals surface area (Å²) in [5, 5.41) is 0. The zero-order chi connectivity index (χ0) is 5.70. The fraction of sp³-hybridized carbons (Fsp3) is 0.500. The molecular formula is C4H6F2O. The molecular weight excluding hydrogens is 102 g/mol. The quantitative estimate of drug-likeness (QED) is 0.490. The molecule has 0 aliphatic rings. The molecule has 0 aromatic rings. The Kier molecular flexibility index (Phi) is 3.28. The highest BCUT2D eigenvalue weighted by molar-refractivity contribution is 4.64. The number of hydrogen-bond donors (Lipinski definition) is 0. The van der Waals surface area contributed by atoms with E-state index < -0.39 is 6.61 Å². The molecule has 0 amide bonds. The first-order chi connectivity index (χ1) is 3.27. The molecule has 0 heterocycles. The Morgan fingerprint density at radius 1 is 1.57 bits per heavy atom. The molecule has 42 valence electrons. The third-order valence-electron chi connectivity index (χ3n) is 0.318. The summed E-state index contributed by atoms with van der Waals surface area (Å²) in [6, 6.07) is 0. The summed E-state index contributed by atoms with van der Waals surface area (Å²) < 4.78 is 25.6. The van der Waals surface area contributed by atoms with E-state index >= 15 is 0 Å². The summed E-state index contributed by atoms with van der Waals surface area (Å²) in [5.74, 6) is 0. The van der Waals surface area contributed by atoms with Crippen LogP contribution in [0, 0.1) is 0 Å². The molecule has 0 saturated heterocycles. The van der Waals surface area contributed by atoms with Crippen LogP contribution in [0.15, 0.2) is 12.3 Å². The van der Waals surface area contributed by atoms with Gasteiger partial charge in [0.15, 0.2) is 0 Å². The van der Waals surface area contributed by atoms with Crippen LogP contribution in [0.4, 0.5) is 8.78 Å². The van der Waals surface area contributed by atoms with Gasteiger partial charge in [0.1, 0.15) is 0 Å². The van der Waals surface area contributed by atoms with Crippen LogP contribution in [-0.4, -0.2) is 6.61 Å². The lowest BCUT2D eigenvalue weighted by molar-refractivity contribution is -0.0830. The molecule has 0 aromatic heterocycles. The summed E-state index contributed by atoms with van der Waals surface area (Å²) >= 11 is 0. The molecule has 0 unspecified atom stereocenters. The normalized spacial score (nSPS) is 10.9. The minimum absolute atomic E-state index is 0.949. The van der Waals surface area contributed by atoms with Crippen molar-refractivity contribution in [1.82, 2.24) is 0 Å². The molecule has 0 N–H and O–H groups in total. The minimum atomic E-state index is -2.68. The molecule has 7 heavy (non-hydrogen) atoms. The van der Waals surface area contributed by atoms with Gasteiger partial charge in [-0.05, 0) is 6.92 Å². The van der Waals surface area contributed by atoms with Crippen molar-refractivity contribution in [3.05, 3.63) is 12.3 Å². The molecule has 0 aromatic carbocycles. The molecule has 0 spiro atoms. The van der Waals surface area contributed by atoms with Gasteiger partial charge in [0.2, 0.25) is 0 Å². The maximum atomic E-state index is 10.9. The summed E-state index contributed by atoms with van der Waals surface area (Å²) in [6.45, 7) is -1.08. The summed E-state index contributed by atoms with van der Waals surface area (Å²) in [5.41, 5.74) is 0. The number of rotatable bonds is 2. The van der Waals surface area contributed by atoms with Crippen molar-refractivity contribution in [1.29, 1.82) is 0 Å². The topological polar surface area (TPSA) is 9.23 Å². The Morgan fingerprint density at radius 3 is 2.29 bits per heavy atom. The van der Waals surface area contributed by atoms with E-state index in [4.69, 9.17) is 0 Å². The van der Waals surface area contributed by atoms with Gasteiger partial charge in [0.05, 0.1) is 6.26 Å². The lowest BCUT2D eigenvalue weighted by Crippen LogP contribution is -1.88. The van der Waals surface area contributed by atoms with Gasteiger partial charge in [-0.3, -0.25) is 0 Å². The zero-order valence-corrected chi connectivity index (χ0v) is 3.90. The number of allylic oxidation sites excluding steroid dienone is 1. The fourth-order valence-corrected chi connectivity index (χ4v) is 0.138. The number of hydrogen-bond acceptors (Lipinski definition) is 1. The molecule has 0 atom stereocenters. The molecule has 0 bridgehead atoms. The van der Waals surface area contributed by atoms with Crippen molar-refractivity contribution in [3.8, 4) is 0 Å².